The second-order valence-corrected chi connectivity index (χ2v) is 10.4. The highest BCUT2D eigenvalue weighted by molar-refractivity contribution is 5.96. The number of hydrogen-bond acceptors (Lipinski definition) is 5. The highest BCUT2D eigenvalue weighted by Crippen LogP contribution is 2.48. The van der Waals surface area contributed by atoms with Crippen LogP contribution in [-0.2, 0) is 0 Å². The van der Waals surface area contributed by atoms with Gasteiger partial charge in [0.05, 0.1) is 6.67 Å². The molecule has 2 heterocycles. The maximum atomic E-state index is 13.9. The molecule has 1 aliphatic carbocycles. The van der Waals surface area contributed by atoms with Crippen LogP contribution < -0.4 is 14.2 Å². The highest BCUT2D eigenvalue weighted by atomic mass is 19.3. The second kappa shape index (κ2) is 12.6. The molecule has 2 aliphatic heterocycles. The van der Waals surface area contributed by atoms with Gasteiger partial charge in [-0.05, 0) is 90.8 Å². The molecule has 0 saturated carbocycles. The van der Waals surface area contributed by atoms with Crippen molar-refractivity contribution in [2.24, 2.45) is 0 Å². The van der Waals surface area contributed by atoms with E-state index in [1.807, 2.05) is 30.3 Å². The summed E-state index contributed by atoms with van der Waals surface area (Å²) in [6.45, 7) is 1.96. The van der Waals surface area contributed by atoms with Crippen molar-refractivity contribution in [1.82, 2.24) is 4.90 Å². The number of hydrogen-bond donors (Lipinski definition) is 1. The molecule has 5 rings (SSSR count). The third-order valence-corrected chi connectivity index (χ3v) is 7.35. The number of halogens is 5. The number of likely N-dealkylation sites (tertiary alicyclic amines) is 1. The molecule has 1 fully saturated rings. The molecule has 0 amide bonds. The minimum atomic E-state index is -4.82. The van der Waals surface area contributed by atoms with Gasteiger partial charge in [-0.2, -0.15) is 17.6 Å². The Morgan fingerprint density at radius 2 is 1.69 bits per heavy atom. The van der Waals surface area contributed by atoms with Crippen LogP contribution in [0.1, 0.15) is 43.2 Å². The molecule has 1 N–H and O–H groups in total. The second-order valence-electron chi connectivity index (χ2n) is 10.4. The van der Waals surface area contributed by atoms with Crippen molar-refractivity contribution in [3.05, 3.63) is 89.7 Å². The lowest BCUT2D eigenvalue weighted by molar-refractivity contribution is -0.391. The Balaban J connectivity index is 1.47. The molecule has 0 radical (unpaired) electrons. The first-order valence-electron chi connectivity index (χ1n) is 14.0. The van der Waals surface area contributed by atoms with E-state index >= 15 is 0 Å². The van der Waals surface area contributed by atoms with Gasteiger partial charge in [0.1, 0.15) is 17.6 Å². The number of rotatable bonds is 7. The van der Waals surface area contributed by atoms with Crippen LogP contribution in [0.25, 0.3) is 11.1 Å². The SMILES string of the molecule is OC1=C/C=C/C(c2ccc(O[C@H]3CCN(CCCF)C3)cc2)=C(/c2ccc3c(c2)OC(F)(F)C(F)(F)O3)CCC\C=C\1. The molecule has 42 heavy (non-hydrogen) atoms. The molecule has 1 saturated heterocycles. The van der Waals surface area contributed by atoms with E-state index in [1.165, 1.54) is 18.2 Å². The number of aliphatic hydroxyl groups is 1. The Bertz CT molecular complexity index is 1380. The standard InChI is InChI=1S/C32H32F5NO4/c33-17-5-18-38-19-16-26(21-38)40-25-13-10-22(11-14-25)27-9-4-7-24(39)6-2-1-3-8-28(27)23-12-15-29-30(20-23)42-32(36,37)31(34,35)41-29/h2,4,6-7,9-15,20,26,39H,1,3,5,8,16-19,21H2/b6-2+,9-4+,24-7+,28-27-/t26-/m0/s1. The fourth-order valence-corrected chi connectivity index (χ4v) is 5.24. The predicted octanol–water partition coefficient (Wildman–Crippen LogP) is 8.11. The van der Waals surface area contributed by atoms with E-state index in [4.69, 9.17) is 4.74 Å². The van der Waals surface area contributed by atoms with E-state index in [2.05, 4.69) is 14.4 Å². The van der Waals surface area contributed by atoms with Crippen molar-refractivity contribution in [3.8, 4) is 17.2 Å². The molecular weight excluding hydrogens is 557 g/mol. The van der Waals surface area contributed by atoms with E-state index in [0.717, 1.165) is 36.2 Å². The highest BCUT2D eigenvalue weighted by Gasteiger charge is 2.65. The van der Waals surface area contributed by atoms with Crippen molar-refractivity contribution in [2.45, 2.75) is 50.4 Å². The van der Waals surface area contributed by atoms with Crippen molar-refractivity contribution in [2.75, 3.05) is 26.3 Å². The summed E-state index contributed by atoms with van der Waals surface area (Å²) in [5.74, 6) is -0.191. The average Bonchev–Trinajstić information content (AvgIpc) is 3.38. The van der Waals surface area contributed by atoms with Gasteiger partial charge >= 0.3 is 12.2 Å². The smallest absolute Gasteiger partial charge is 0.507 e. The summed E-state index contributed by atoms with van der Waals surface area (Å²) >= 11 is 0. The summed E-state index contributed by atoms with van der Waals surface area (Å²) in [7, 11) is 0. The van der Waals surface area contributed by atoms with Crippen molar-refractivity contribution < 1.29 is 41.3 Å². The third kappa shape index (κ3) is 6.81. The van der Waals surface area contributed by atoms with Gasteiger partial charge in [0, 0.05) is 19.6 Å². The molecule has 0 aromatic heterocycles. The van der Waals surface area contributed by atoms with Gasteiger partial charge < -0.3 is 19.3 Å². The van der Waals surface area contributed by atoms with E-state index in [-0.39, 0.29) is 18.5 Å². The molecule has 0 unspecified atom stereocenters. The van der Waals surface area contributed by atoms with Crippen molar-refractivity contribution in [3.63, 3.8) is 0 Å². The molecule has 1 atom stereocenters. The van der Waals surface area contributed by atoms with Gasteiger partial charge in [0.2, 0.25) is 0 Å². The molecule has 0 bridgehead atoms. The number of fused-ring (bicyclic) bond motifs is 1. The van der Waals surface area contributed by atoms with Crippen molar-refractivity contribution in [1.29, 1.82) is 0 Å². The van der Waals surface area contributed by atoms with E-state index in [0.29, 0.717) is 43.5 Å². The van der Waals surface area contributed by atoms with Gasteiger partial charge in [-0.25, -0.2) is 0 Å². The van der Waals surface area contributed by atoms with Crippen LogP contribution in [0.3, 0.4) is 0 Å². The number of aliphatic hydroxyl groups excluding tert-OH is 1. The van der Waals surface area contributed by atoms with Crippen LogP contribution in [0.15, 0.2) is 78.6 Å². The monoisotopic (exact) mass is 589 g/mol. The Labute approximate surface area is 241 Å². The zero-order valence-electron chi connectivity index (χ0n) is 22.9. The fraction of sp³-hybridized carbons (Fsp3) is 0.375. The lowest BCUT2D eigenvalue weighted by Crippen LogP contribution is -2.52. The van der Waals surface area contributed by atoms with Crippen LogP contribution in [-0.4, -0.2) is 54.6 Å². The molecule has 224 valence electrons. The Morgan fingerprint density at radius 1 is 0.952 bits per heavy atom. The van der Waals surface area contributed by atoms with Crippen LogP contribution in [0.2, 0.25) is 0 Å². The molecule has 10 heteroatoms. The summed E-state index contributed by atoms with van der Waals surface area (Å²) in [4.78, 5) is 2.19. The largest absolute Gasteiger partial charge is 0.508 e. The van der Waals surface area contributed by atoms with Gasteiger partial charge in [0.15, 0.2) is 11.5 Å². The molecule has 2 aromatic rings. The Morgan fingerprint density at radius 3 is 2.45 bits per heavy atom. The van der Waals surface area contributed by atoms with Gasteiger partial charge in [-0.15, -0.1) is 0 Å². The zero-order valence-corrected chi connectivity index (χ0v) is 22.9. The number of benzene rings is 2. The normalized spacial score (nSPS) is 26.5. The average molecular weight is 590 g/mol. The Hall–Kier alpha value is -3.79. The summed E-state index contributed by atoms with van der Waals surface area (Å²) in [5.41, 5.74) is 2.83. The fourth-order valence-electron chi connectivity index (χ4n) is 5.24. The molecular formula is C32H32F5NO4. The Kier molecular flexibility index (Phi) is 8.91. The van der Waals surface area contributed by atoms with E-state index < -0.39 is 23.7 Å². The van der Waals surface area contributed by atoms with Crippen LogP contribution in [0.4, 0.5) is 22.0 Å². The van der Waals surface area contributed by atoms with Crippen LogP contribution in [0, 0.1) is 0 Å². The number of ether oxygens (including phenoxy) is 3. The molecule has 3 aliphatic rings. The van der Waals surface area contributed by atoms with Gasteiger partial charge in [-0.3, -0.25) is 9.29 Å². The first-order valence-corrected chi connectivity index (χ1v) is 14.0. The summed E-state index contributed by atoms with van der Waals surface area (Å²) < 4.78 is 82.7. The maximum Gasteiger partial charge on any atom is 0.507 e. The minimum absolute atomic E-state index is 0.00590. The quantitative estimate of drug-likeness (QED) is 0.331. The molecule has 0 spiro atoms. The first-order chi connectivity index (χ1) is 20.1. The summed E-state index contributed by atoms with van der Waals surface area (Å²) in [6, 6.07) is 11.5. The van der Waals surface area contributed by atoms with E-state index in [1.54, 1.807) is 24.3 Å². The lowest BCUT2D eigenvalue weighted by Gasteiger charge is -2.32. The molecule has 2 aromatic carbocycles. The summed E-state index contributed by atoms with van der Waals surface area (Å²) in [6.07, 6.45) is 2.05. The van der Waals surface area contributed by atoms with Crippen LogP contribution in [0.5, 0.6) is 17.2 Å². The van der Waals surface area contributed by atoms with Crippen molar-refractivity contribution >= 4 is 11.1 Å². The maximum absolute atomic E-state index is 13.9. The van der Waals surface area contributed by atoms with Crippen LogP contribution >= 0.6 is 0 Å². The van der Waals surface area contributed by atoms with Gasteiger partial charge in [-0.1, -0.05) is 36.4 Å². The molecule has 5 nitrogen and oxygen atoms in total. The summed E-state index contributed by atoms with van der Waals surface area (Å²) in [5, 5.41) is 10.1. The lowest BCUT2D eigenvalue weighted by atomic mass is 9.90. The minimum Gasteiger partial charge on any atom is -0.508 e. The van der Waals surface area contributed by atoms with Gasteiger partial charge in [0.25, 0.3) is 0 Å². The third-order valence-electron chi connectivity index (χ3n) is 7.35. The predicted molar refractivity (Wildman–Crippen MR) is 150 cm³/mol. The topological polar surface area (TPSA) is 51.2 Å². The van der Waals surface area contributed by atoms with E-state index in [9.17, 15) is 27.1 Å². The number of nitrogens with zero attached hydrogens (tertiary/aromatic N) is 1. The zero-order chi connectivity index (χ0) is 29.7. The number of allylic oxidation sites excluding steroid dienone is 7. The number of alkyl halides is 5. The first kappa shape index (κ1) is 29.7.